The quantitative estimate of drug-likeness (QED) is 0.405. The maximum Gasteiger partial charge on any atom is 0.303 e. The van der Waals surface area contributed by atoms with Crippen LogP contribution in [0.25, 0.3) is 0 Å². The van der Waals surface area contributed by atoms with Crippen LogP contribution in [0.2, 0.25) is 0 Å². The summed E-state index contributed by atoms with van der Waals surface area (Å²) in [7, 11) is 0. The molecule has 0 saturated carbocycles. The van der Waals surface area contributed by atoms with Crippen molar-refractivity contribution in [2.45, 2.75) is 77.0 Å². The van der Waals surface area contributed by atoms with E-state index in [1.807, 2.05) is 12.1 Å². The molecular weight excluding hydrogens is 418 g/mol. The van der Waals surface area contributed by atoms with Gasteiger partial charge in [-0.3, -0.25) is 14.4 Å². The molecule has 2 N–H and O–H groups in total. The number of carboxylic acids is 1. The summed E-state index contributed by atoms with van der Waals surface area (Å²) < 4.78 is 0. The average Bonchev–Trinajstić information content (AvgIpc) is 3.47. The minimum atomic E-state index is -0.710. The van der Waals surface area contributed by atoms with Crippen LogP contribution in [-0.2, 0) is 14.4 Å². The largest absolute Gasteiger partial charge is 0.481 e. The highest BCUT2D eigenvalue weighted by Gasteiger charge is 2.35. The van der Waals surface area contributed by atoms with E-state index in [4.69, 9.17) is 5.11 Å². The first-order chi connectivity index (χ1) is 16.0. The van der Waals surface area contributed by atoms with Crippen molar-refractivity contribution in [3.05, 3.63) is 24.3 Å². The predicted molar refractivity (Wildman–Crippen MR) is 131 cm³/mol. The van der Waals surface area contributed by atoms with Gasteiger partial charge in [0, 0.05) is 50.4 Å². The molecule has 1 aromatic carbocycles. The highest BCUT2D eigenvalue weighted by molar-refractivity contribution is 6.00. The van der Waals surface area contributed by atoms with Crippen molar-refractivity contribution in [3.8, 4) is 0 Å². The number of nitrogens with one attached hydrogen (secondary N) is 1. The van der Waals surface area contributed by atoms with Gasteiger partial charge < -0.3 is 20.2 Å². The second-order valence-corrected chi connectivity index (χ2v) is 9.38. The Morgan fingerprint density at radius 3 is 2.09 bits per heavy atom. The third kappa shape index (κ3) is 8.06. The predicted octanol–water partition coefficient (Wildman–Crippen LogP) is 4.35. The van der Waals surface area contributed by atoms with Crippen LogP contribution in [0.5, 0.6) is 0 Å². The van der Waals surface area contributed by atoms with Gasteiger partial charge in [-0.15, -0.1) is 0 Å². The molecule has 1 atom stereocenters. The van der Waals surface area contributed by atoms with Gasteiger partial charge in [-0.05, 0) is 49.9 Å². The minimum absolute atomic E-state index is 0.0158. The zero-order chi connectivity index (χ0) is 23.5. The Kier molecular flexibility index (Phi) is 10.0. The molecule has 2 saturated heterocycles. The van der Waals surface area contributed by atoms with Crippen LogP contribution in [0.1, 0.15) is 77.0 Å². The number of amides is 2. The molecule has 1 unspecified atom stereocenters. The number of aliphatic carboxylic acids is 1. The highest BCUT2D eigenvalue weighted by atomic mass is 16.4. The van der Waals surface area contributed by atoms with Gasteiger partial charge in [0.15, 0.2) is 0 Å². The Bertz CT molecular complexity index is 774. The van der Waals surface area contributed by atoms with Gasteiger partial charge in [-0.1, -0.05) is 38.5 Å². The van der Waals surface area contributed by atoms with Crippen molar-refractivity contribution in [3.63, 3.8) is 0 Å². The molecule has 2 fully saturated rings. The summed E-state index contributed by atoms with van der Waals surface area (Å²) in [6.45, 7) is 3.31. The third-order valence-corrected chi connectivity index (χ3v) is 6.75. The number of anilines is 2. The Morgan fingerprint density at radius 2 is 1.45 bits per heavy atom. The van der Waals surface area contributed by atoms with E-state index in [0.717, 1.165) is 70.1 Å². The number of carboxylic acid groups (broad SMARTS) is 1. The first-order valence-electron chi connectivity index (χ1n) is 12.7. The van der Waals surface area contributed by atoms with Crippen LogP contribution >= 0.6 is 0 Å². The fourth-order valence-electron chi connectivity index (χ4n) is 4.77. The molecule has 3 rings (SSSR count). The molecule has 182 valence electrons. The minimum Gasteiger partial charge on any atom is -0.481 e. The van der Waals surface area contributed by atoms with E-state index < -0.39 is 5.97 Å². The summed E-state index contributed by atoms with van der Waals surface area (Å²) in [4.78, 5) is 39.6. The second-order valence-electron chi connectivity index (χ2n) is 9.38. The lowest BCUT2D eigenvalue weighted by atomic mass is 10.1. The zero-order valence-corrected chi connectivity index (χ0v) is 19.8. The fraction of sp³-hybridized carbons (Fsp3) is 0.654. The Hall–Kier alpha value is -2.57. The van der Waals surface area contributed by atoms with E-state index in [0.29, 0.717) is 13.1 Å². The standard InChI is InChI=1S/C26H39N3O4/c30-24-19-21(20-29(24)23-14-12-22(13-15-23)28-17-9-10-18-28)26(33)27-16-8-6-4-2-1-3-5-7-11-25(31)32/h12-15,21H,1-11,16-20H2,(H,27,33)(H,31,32). The maximum atomic E-state index is 12.5. The number of nitrogens with zero attached hydrogens (tertiary/aromatic N) is 2. The number of hydrogen-bond acceptors (Lipinski definition) is 4. The van der Waals surface area contributed by atoms with Gasteiger partial charge in [0.2, 0.25) is 11.8 Å². The van der Waals surface area contributed by atoms with Crippen molar-refractivity contribution in [2.75, 3.05) is 36.0 Å². The van der Waals surface area contributed by atoms with Crippen LogP contribution < -0.4 is 15.1 Å². The van der Waals surface area contributed by atoms with Crippen LogP contribution in [0, 0.1) is 5.92 Å². The van der Waals surface area contributed by atoms with E-state index in [1.165, 1.54) is 18.5 Å². The number of unbranched alkanes of at least 4 members (excludes halogenated alkanes) is 7. The summed E-state index contributed by atoms with van der Waals surface area (Å²) in [5, 5.41) is 11.6. The molecule has 2 aliphatic rings. The van der Waals surface area contributed by atoms with Crippen LogP contribution in [0.3, 0.4) is 0 Å². The lowest BCUT2D eigenvalue weighted by molar-refractivity contribution is -0.137. The first kappa shape index (κ1) is 25.1. The Morgan fingerprint density at radius 1 is 0.879 bits per heavy atom. The number of hydrogen-bond donors (Lipinski definition) is 2. The topological polar surface area (TPSA) is 89.9 Å². The highest BCUT2D eigenvalue weighted by Crippen LogP contribution is 2.28. The monoisotopic (exact) mass is 457 g/mol. The van der Waals surface area contributed by atoms with E-state index >= 15 is 0 Å². The zero-order valence-electron chi connectivity index (χ0n) is 19.8. The smallest absolute Gasteiger partial charge is 0.303 e. The van der Waals surface area contributed by atoms with E-state index in [2.05, 4.69) is 22.3 Å². The number of carbonyl (C=O) groups excluding carboxylic acids is 2. The summed E-state index contributed by atoms with van der Waals surface area (Å²) in [5.74, 6) is -0.981. The summed E-state index contributed by atoms with van der Waals surface area (Å²) >= 11 is 0. The molecule has 2 amide bonds. The van der Waals surface area contributed by atoms with Gasteiger partial charge in [0.1, 0.15) is 0 Å². The van der Waals surface area contributed by atoms with Crippen molar-refractivity contribution >= 4 is 29.2 Å². The molecule has 33 heavy (non-hydrogen) atoms. The molecule has 7 nitrogen and oxygen atoms in total. The molecule has 7 heteroatoms. The van der Waals surface area contributed by atoms with Crippen molar-refractivity contribution in [1.82, 2.24) is 5.32 Å². The van der Waals surface area contributed by atoms with Gasteiger partial charge in [-0.25, -0.2) is 0 Å². The fourth-order valence-corrected chi connectivity index (χ4v) is 4.77. The summed E-state index contributed by atoms with van der Waals surface area (Å²) in [6.07, 6.45) is 11.3. The molecule has 0 spiro atoms. The molecule has 2 aliphatic heterocycles. The van der Waals surface area contributed by atoms with E-state index in [1.54, 1.807) is 4.90 Å². The van der Waals surface area contributed by atoms with E-state index in [9.17, 15) is 14.4 Å². The Balaban J connectivity index is 1.27. The van der Waals surface area contributed by atoms with Gasteiger partial charge in [0.25, 0.3) is 0 Å². The molecule has 0 radical (unpaired) electrons. The number of carbonyl (C=O) groups is 3. The molecule has 0 aromatic heterocycles. The number of rotatable bonds is 14. The van der Waals surface area contributed by atoms with Crippen LogP contribution in [-0.4, -0.2) is 49.1 Å². The van der Waals surface area contributed by atoms with E-state index in [-0.39, 0.29) is 30.6 Å². The average molecular weight is 458 g/mol. The number of benzene rings is 1. The lowest BCUT2D eigenvalue weighted by Gasteiger charge is -2.20. The van der Waals surface area contributed by atoms with Gasteiger partial charge in [0.05, 0.1) is 5.92 Å². The third-order valence-electron chi connectivity index (χ3n) is 6.75. The first-order valence-corrected chi connectivity index (χ1v) is 12.7. The van der Waals surface area contributed by atoms with Crippen LogP contribution in [0.15, 0.2) is 24.3 Å². The second kappa shape index (κ2) is 13.2. The SMILES string of the molecule is O=C(O)CCCCCCCCCCNC(=O)C1CC(=O)N(c2ccc(N3CCCC3)cc2)C1. The van der Waals surface area contributed by atoms with Gasteiger partial charge >= 0.3 is 5.97 Å². The summed E-state index contributed by atoms with van der Waals surface area (Å²) in [5.41, 5.74) is 2.08. The lowest BCUT2D eigenvalue weighted by Crippen LogP contribution is -2.33. The summed E-state index contributed by atoms with van der Waals surface area (Å²) in [6, 6.07) is 8.16. The maximum absolute atomic E-state index is 12.5. The normalized spacial score (nSPS) is 18.2. The van der Waals surface area contributed by atoms with Crippen molar-refractivity contribution in [2.24, 2.45) is 5.92 Å². The molecule has 0 aliphatic carbocycles. The van der Waals surface area contributed by atoms with Crippen molar-refractivity contribution in [1.29, 1.82) is 0 Å². The molecule has 2 heterocycles. The molecule has 0 bridgehead atoms. The molecular formula is C26H39N3O4. The molecule has 1 aromatic rings. The van der Waals surface area contributed by atoms with Crippen molar-refractivity contribution < 1.29 is 19.5 Å². The Labute approximate surface area is 197 Å². The van der Waals surface area contributed by atoms with Crippen LogP contribution in [0.4, 0.5) is 11.4 Å². The van der Waals surface area contributed by atoms with Gasteiger partial charge in [-0.2, -0.15) is 0 Å².